The maximum Gasteiger partial charge on any atom is 0.280 e. The number of hydrogen-bond donors (Lipinski definition) is 1. The Kier molecular flexibility index (Phi) is 4.61. The molecular formula is C20H21N3O2S. The molecule has 134 valence electrons. The topological polar surface area (TPSA) is 54.5 Å². The monoisotopic (exact) mass is 367 g/mol. The van der Waals surface area contributed by atoms with Crippen LogP contribution in [0.4, 0.5) is 0 Å². The van der Waals surface area contributed by atoms with E-state index in [2.05, 4.69) is 27.3 Å². The zero-order chi connectivity index (χ0) is 18.1. The van der Waals surface area contributed by atoms with Crippen LogP contribution in [0.1, 0.15) is 27.0 Å². The maximum atomic E-state index is 12.6. The summed E-state index contributed by atoms with van der Waals surface area (Å²) in [7, 11) is 4.05. The molecule has 0 saturated heterocycles. The highest BCUT2D eigenvalue weighted by molar-refractivity contribution is 7.20. The van der Waals surface area contributed by atoms with E-state index >= 15 is 0 Å². The molecule has 5 nitrogen and oxygen atoms in total. The van der Waals surface area contributed by atoms with Crippen LogP contribution in [0.25, 0.3) is 10.2 Å². The lowest BCUT2D eigenvalue weighted by atomic mass is 10.0. The molecule has 2 aromatic carbocycles. The number of hydrogen-bond acceptors (Lipinski definition) is 5. The zero-order valence-corrected chi connectivity index (χ0v) is 15.7. The van der Waals surface area contributed by atoms with Crippen molar-refractivity contribution in [2.24, 2.45) is 0 Å². The Morgan fingerprint density at radius 3 is 2.96 bits per heavy atom. The second-order valence-electron chi connectivity index (χ2n) is 6.64. The van der Waals surface area contributed by atoms with Gasteiger partial charge in [-0.05, 0) is 43.4 Å². The van der Waals surface area contributed by atoms with Gasteiger partial charge in [-0.3, -0.25) is 4.79 Å². The number of nitrogens with one attached hydrogen (secondary N) is 1. The number of ether oxygens (including phenoxy) is 1. The van der Waals surface area contributed by atoms with E-state index < -0.39 is 0 Å². The first-order chi connectivity index (χ1) is 12.6. The zero-order valence-electron chi connectivity index (χ0n) is 14.9. The van der Waals surface area contributed by atoms with Crippen LogP contribution < -0.4 is 10.1 Å². The van der Waals surface area contributed by atoms with Gasteiger partial charge < -0.3 is 15.0 Å². The first kappa shape index (κ1) is 17.0. The fourth-order valence-corrected chi connectivity index (χ4v) is 4.13. The molecule has 1 aliphatic rings. The average Bonchev–Trinajstić information content (AvgIpc) is 3.27. The summed E-state index contributed by atoms with van der Waals surface area (Å²) in [6, 6.07) is 14.2. The standard InChI is InChI=1S/C20H21N3O2S/c1-23(2)16(13-7-8-17-14(11-13)9-10-25-17)12-21-19(24)20-22-15-5-3-4-6-18(15)26-20/h3-8,11,16H,9-10,12H2,1-2H3,(H,21,24)/t16-/m0/s1. The number of carbonyl (C=O) groups is 1. The van der Waals surface area contributed by atoms with Gasteiger partial charge in [-0.1, -0.05) is 24.3 Å². The Morgan fingerprint density at radius 2 is 2.15 bits per heavy atom. The van der Waals surface area contributed by atoms with Gasteiger partial charge in [-0.2, -0.15) is 0 Å². The molecule has 1 aliphatic heterocycles. The highest BCUT2D eigenvalue weighted by Gasteiger charge is 2.20. The van der Waals surface area contributed by atoms with Crippen LogP contribution in [0.15, 0.2) is 42.5 Å². The van der Waals surface area contributed by atoms with Gasteiger partial charge in [-0.25, -0.2) is 4.98 Å². The number of amides is 1. The Labute approximate surface area is 156 Å². The number of para-hydroxylation sites is 1. The third-order valence-electron chi connectivity index (χ3n) is 4.67. The van der Waals surface area contributed by atoms with Gasteiger partial charge in [0.15, 0.2) is 5.01 Å². The van der Waals surface area contributed by atoms with Gasteiger partial charge in [0.25, 0.3) is 5.91 Å². The van der Waals surface area contributed by atoms with Gasteiger partial charge in [0.05, 0.1) is 22.9 Å². The molecule has 26 heavy (non-hydrogen) atoms. The van der Waals surface area contributed by atoms with E-state index in [1.165, 1.54) is 22.5 Å². The minimum atomic E-state index is -0.123. The molecule has 0 bridgehead atoms. The molecule has 6 heteroatoms. The van der Waals surface area contributed by atoms with Gasteiger partial charge >= 0.3 is 0 Å². The summed E-state index contributed by atoms with van der Waals surface area (Å²) in [6.07, 6.45) is 0.946. The van der Waals surface area contributed by atoms with E-state index in [4.69, 9.17) is 4.74 Å². The average molecular weight is 367 g/mol. The maximum absolute atomic E-state index is 12.6. The number of thiazole rings is 1. The summed E-state index contributed by atoms with van der Waals surface area (Å²) in [5.74, 6) is 0.854. The molecule has 0 aliphatic carbocycles. The summed E-state index contributed by atoms with van der Waals surface area (Å²) < 4.78 is 6.62. The number of carbonyl (C=O) groups excluding carboxylic acids is 1. The van der Waals surface area contributed by atoms with Crippen molar-refractivity contribution in [3.8, 4) is 5.75 Å². The summed E-state index contributed by atoms with van der Waals surface area (Å²) in [5.41, 5.74) is 3.29. The van der Waals surface area contributed by atoms with Crippen molar-refractivity contribution in [2.75, 3.05) is 27.2 Å². The van der Waals surface area contributed by atoms with Gasteiger partial charge in [0.1, 0.15) is 5.75 Å². The SMILES string of the molecule is CN(C)[C@@H](CNC(=O)c1nc2ccccc2s1)c1ccc2c(c1)CCO2. The fourth-order valence-electron chi connectivity index (χ4n) is 3.25. The highest BCUT2D eigenvalue weighted by atomic mass is 32.1. The Bertz CT molecular complexity index is 918. The molecule has 0 unspecified atom stereocenters. The van der Waals surface area contributed by atoms with Crippen molar-refractivity contribution in [1.29, 1.82) is 0 Å². The van der Waals surface area contributed by atoms with Gasteiger partial charge in [0.2, 0.25) is 0 Å². The predicted molar refractivity (Wildman–Crippen MR) is 104 cm³/mol. The Balaban J connectivity index is 1.49. The highest BCUT2D eigenvalue weighted by Crippen LogP contribution is 2.29. The predicted octanol–water partition coefficient (Wildman–Crippen LogP) is 3.26. The van der Waals surface area contributed by atoms with E-state index in [1.807, 2.05) is 44.4 Å². The molecule has 4 rings (SSSR count). The van der Waals surface area contributed by atoms with Crippen LogP contribution in [-0.4, -0.2) is 43.0 Å². The van der Waals surface area contributed by atoms with Crippen LogP contribution in [-0.2, 0) is 6.42 Å². The van der Waals surface area contributed by atoms with Crippen LogP contribution in [0.5, 0.6) is 5.75 Å². The van der Waals surface area contributed by atoms with E-state index in [9.17, 15) is 4.79 Å². The molecule has 0 spiro atoms. The van der Waals surface area contributed by atoms with E-state index in [0.717, 1.165) is 29.0 Å². The number of likely N-dealkylation sites (N-methyl/N-ethyl adjacent to an activating group) is 1. The second-order valence-corrected chi connectivity index (χ2v) is 7.67. The second kappa shape index (κ2) is 7.05. The Morgan fingerprint density at radius 1 is 1.31 bits per heavy atom. The lowest BCUT2D eigenvalue weighted by Crippen LogP contribution is -2.34. The number of rotatable bonds is 5. The summed E-state index contributed by atoms with van der Waals surface area (Å²) in [4.78, 5) is 19.1. The van der Waals surface area contributed by atoms with Gasteiger partial charge in [0, 0.05) is 13.0 Å². The number of aromatic nitrogens is 1. The fraction of sp³-hybridized carbons (Fsp3) is 0.300. The van der Waals surface area contributed by atoms with Crippen molar-refractivity contribution in [1.82, 2.24) is 15.2 Å². The van der Waals surface area contributed by atoms with Gasteiger partial charge in [-0.15, -0.1) is 11.3 Å². The summed E-state index contributed by atoms with van der Waals surface area (Å²) in [5, 5.41) is 3.55. The first-order valence-electron chi connectivity index (χ1n) is 8.67. The minimum absolute atomic E-state index is 0.0965. The third-order valence-corrected chi connectivity index (χ3v) is 5.70. The van der Waals surface area contributed by atoms with Crippen LogP contribution in [0.2, 0.25) is 0 Å². The summed E-state index contributed by atoms with van der Waals surface area (Å²) in [6.45, 7) is 1.28. The molecule has 1 atom stereocenters. The largest absolute Gasteiger partial charge is 0.493 e. The first-order valence-corrected chi connectivity index (χ1v) is 9.49. The lowest BCUT2D eigenvalue weighted by Gasteiger charge is -2.25. The van der Waals surface area contributed by atoms with Crippen molar-refractivity contribution in [3.63, 3.8) is 0 Å². The third kappa shape index (κ3) is 3.30. The smallest absolute Gasteiger partial charge is 0.280 e. The number of benzene rings is 2. The molecular weight excluding hydrogens is 346 g/mol. The molecule has 3 aromatic rings. The van der Waals surface area contributed by atoms with Crippen molar-refractivity contribution in [2.45, 2.75) is 12.5 Å². The van der Waals surface area contributed by atoms with Crippen molar-refractivity contribution >= 4 is 27.5 Å². The van der Waals surface area contributed by atoms with Crippen LogP contribution >= 0.6 is 11.3 Å². The summed E-state index contributed by atoms with van der Waals surface area (Å²) >= 11 is 1.42. The van der Waals surface area contributed by atoms with Crippen molar-refractivity contribution in [3.05, 3.63) is 58.6 Å². The molecule has 0 saturated carbocycles. The van der Waals surface area contributed by atoms with Crippen molar-refractivity contribution < 1.29 is 9.53 Å². The molecule has 0 radical (unpaired) electrons. The van der Waals surface area contributed by atoms with E-state index in [-0.39, 0.29) is 11.9 Å². The Hall–Kier alpha value is -2.44. The normalized spacial score (nSPS) is 14.3. The van der Waals surface area contributed by atoms with Crippen LogP contribution in [0, 0.1) is 0 Å². The number of fused-ring (bicyclic) bond motifs is 2. The lowest BCUT2D eigenvalue weighted by molar-refractivity contribution is 0.0941. The molecule has 1 aromatic heterocycles. The molecule has 1 N–H and O–H groups in total. The quantitative estimate of drug-likeness (QED) is 0.752. The molecule has 1 amide bonds. The van der Waals surface area contributed by atoms with E-state index in [1.54, 1.807) is 0 Å². The molecule has 2 heterocycles. The number of nitrogens with zero attached hydrogens (tertiary/aromatic N) is 2. The van der Waals surface area contributed by atoms with E-state index in [0.29, 0.717) is 11.6 Å². The van der Waals surface area contributed by atoms with Crippen LogP contribution in [0.3, 0.4) is 0 Å². The minimum Gasteiger partial charge on any atom is -0.493 e. The molecule has 0 fully saturated rings.